The van der Waals surface area contributed by atoms with Gasteiger partial charge in [-0.2, -0.15) is 0 Å². The van der Waals surface area contributed by atoms with Gasteiger partial charge in [0.1, 0.15) is 11.7 Å². The predicted octanol–water partition coefficient (Wildman–Crippen LogP) is 2.67. The first kappa shape index (κ1) is 22.4. The normalized spacial score (nSPS) is 12.4. The molecule has 1 atom stereocenters. The van der Waals surface area contributed by atoms with Crippen molar-refractivity contribution in [3.05, 3.63) is 76.7 Å². The van der Waals surface area contributed by atoms with E-state index in [0.717, 1.165) is 10.6 Å². The lowest BCUT2D eigenvalue weighted by Crippen LogP contribution is -2.47. The Morgan fingerprint density at radius 3 is 2.13 bits per heavy atom. The third-order valence-corrected chi connectivity index (χ3v) is 6.32. The van der Waals surface area contributed by atoms with Gasteiger partial charge in [-0.3, -0.25) is 18.6 Å². The maximum absolute atomic E-state index is 13.2. The number of carbonyl (C=O) groups is 1. The second kappa shape index (κ2) is 8.81. The molecule has 3 aromatic rings. The van der Waals surface area contributed by atoms with Gasteiger partial charge in [0.05, 0.1) is 23.3 Å². The highest BCUT2D eigenvalue weighted by molar-refractivity contribution is 7.92. The van der Waals surface area contributed by atoms with Crippen LogP contribution in [0, 0.1) is 6.92 Å². The van der Waals surface area contributed by atoms with Crippen molar-refractivity contribution in [3.8, 4) is 5.69 Å². The third kappa shape index (κ3) is 4.41. The standard InChI is InChI=1S/C22H26N4O4S/c1-5-19(26(31(4,29)30)18-14-10-7-11-15-18)21(27)23-20-16(2)24(3)25(22(20)28)17-12-8-6-9-13-17/h6-15,19H,5H2,1-4H3,(H,23,27). The minimum atomic E-state index is -3.75. The third-order valence-electron chi connectivity index (χ3n) is 5.14. The van der Waals surface area contributed by atoms with Crippen molar-refractivity contribution in [2.75, 3.05) is 15.9 Å². The number of para-hydroxylation sites is 2. The Balaban J connectivity index is 2.01. The number of hydrogen-bond donors (Lipinski definition) is 1. The summed E-state index contributed by atoms with van der Waals surface area (Å²) in [7, 11) is -2.02. The Morgan fingerprint density at radius 2 is 1.61 bits per heavy atom. The number of hydrogen-bond acceptors (Lipinski definition) is 4. The molecule has 0 bridgehead atoms. The first-order valence-corrected chi connectivity index (χ1v) is 11.7. The summed E-state index contributed by atoms with van der Waals surface area (Å²) in [6.07, 6.45) is 1.29. The molecule has 0 saturated carbocycles. The van der Waals surface area contributed by atoms with E-state index in [0.29, 0.717) is 17.1 Å². The minimum Gasteiger partial charge on any atom is -0.318 e. The first-order chi connectivity index (χ1) is 14.7. The average molecular weight is 443 g/mol. The van der Waals surface area contributed by atoms with Crippen LogP contribution in [0.5, 0.6) is 0 Å². The molecule has 2 aromatic carbocycles. The lowest BCUT2D eigenvalue weighted by Gasteiger charge is -2.29. The largest absolute Gasteiger partial charge is 0.318 e. The van der Waals surface area contributed by atoms with Crippen LogP contribution >= 0.6 is 0 Å². The fraction of sp³-hybridized carbons (Fsp3) is 0.273. The number of aromatic nitrogens is 2. The van der Waals surface area contributed by atoms with Crippen LogP contribution in [-0.4, -0.2) is 36.0 Å². The van der Waals surface area contributed by atoms with Gasteiger partial charge in [0.15, 0.2) is 0 Å². The maximum atomic E-state index is 13.2. The number of benzene rings is 2. The van der Waals surface area contributed by atoms with E-state index >= 15 is 0 Å². The Morgan fingerprint density at radius 1 is 1.06 bits per heavy atom. The highest BCUT2D eigenvalue weighted by Crippen LogP contribution is 2.23. The molecule has 0 aliphatic rings. The minimum absolute atomic E-state index is 0.122. The van der Waals surface area contributed by atoms with Gasteiger partial charge in [-0.15, -0.1) is 0 Å². The molecule has 1 amide bonds. The monoisotopic (exact) mass is 442 g/mol. The SMILES string of the molecule is CCC(C(=O)Nc1c(C)n(C)n(-c2ccccc2)c1=O)N(c1ccccc1)S(C)(=O)=O. The van der Waals surface area contributed by atoms with Gasteiger partial charge in [0, 0.05) is 7.05 Å². The highest BCUT2D eigenvalue weighted by atomic mass is 32.2. The number of carbonyl (C=O) groups excluding carboxylic acids is 1. The molecule has 0 spiro atoms. The molecule has 1 aromatic heterocycles. The number of anilines is 2. The summed E-state index contributed by atoms with van der Waals surface area (Å²) in [5, 5.41) is 2.68. The molecule has 0 aliphatic heterocycles. The van der Waals surface area contributed by atoms with E-state index in [4.69, 9.17) is 0 Å². The number of sulfonamides is 1. The Kier molecular flexibility index (Phi) is 6.35. The summed E-state index contributed by atoms with van der Waals surface area (Å²) < 4.78 is 29.3. The van der Waals surface area contributed by atoms with Crippen LogP contribution in [0.3, 0.4) is 0 Å². The lowest BCUT2D eigenvalue weighted by atomic mass is 10.2. The molecule has 31 heavy (non-hydrogen) atoms. The van der Waals surface area contributed by atoms with E-state index < -0.39 is 22.0 Å². The molecule has 1 N–H and O–H groups in total. The summed E-state index contributed by atoms with van der Waals surface area (Å²) in [5.41, 5.74) is 1.34. The molecule has 1 heterocycles. The van der Waals surface area contributed by atoms with Crippen LogP contribution in [0.4, 0.5) is 11.4 Å². The Bertz CT molecular complexity index is 1230. The van der Waals surface area contributed by atoms with Crippen molar-refractivity contribution in [2.24, 2.45) is 7.05 Å². The van der Waals surface area contributed by atoms with Gasteiger partial charge in [0.2, 0.25) is 15.9 Å². The maximum Gasteiger partial charge on any atom is 0.295 e. The summed E-state index contributed by atoms with van der Waals surface area (Å²) in [5.74, 6) is -0.567. The zero-order valence-corrected chi connectivity index (χ0v) is 18.8. The van der Waals surface area contributed by atoms with Gasteiger partial charge < -0.3 is 5.32 Å². The first-order valence-electron chi connectivity index (χ1n) is 9.86. The van der Waals surface area contributed by atoms with Crippen molar-refractivity contribution >= 4 is 27.3 Å². The summed E-state index contributed by atoms with van der Waals surface area (Å²) in [6.45, 7) is 3.45. The molecular formula is C22H26N4O4S. The number of amides is 1. The summed E-state index contributed by atoms with van der Waals surface area (Å²) in [4.78, 5) is 26.3. The topological polar surface area (TPSA) is 93.4 Å². The summed E-state index contributed by atoms with van der Waals surface area (Å²) >= 11 is 0. The van der Waals surface area contributed by atoms with Crippen molar-refractivity contribution in [1.29, 1.82) is 0 Å². The van der Waals surface area contributed by atoms with Crippen LogP contribution in [-0.2, 0) is 21.9 Å². The molecule has 8 nitrogen and oxygen atoms in total. The Hall–Kier alpha value is -3.33. The molecule has 3 rings (SSSR count). The van der Waals surface area contributed by atoms with Crippen LogP contribution in [0.25, 0.3) is 5.69 Å². The van der Waals surface area contributed by atoms with E-state index in [9.17, 15) is 18.0 Å². The van der Waals surface area contributed by atoms with Gasteiger partial charge in [-0.1, -0.05) is 43.3 Å². The molecule has 0 saturated heterocycles. The van der Waals surface area contributed by atoms with Crippen molar-refractivity contribution in [3.63, 3.8) is 0 Å². The highest BCUT2D eigenvalue weighted by Gasteiger charge is 2.32. The van der Waals surface area contributed by atoms with E-state index in [1.165, 1.54) is 4.68 Å². The molecule has 9 heteroatoms. The van der Waals surface area contributed by atoms with Gasteiger partial charge in [0.25, 0.3) is 5.56 Å². The fourth-order valence-corrected chi connectivity index (χ4v) is 4.77. The second-order valence-electron chi connectivity index (χ2n) is 7.24. The van der Waals surface area contributed by atoms with E-state index in [-0.39, 0.29) is 17.7 Å². The van der Waals surface area contributed by atoms with Gasteiger partial charge in [-0.05, 0) is 37.6 Å². The van der Waals surface area contributed by atoms with Crippen LogP contribution < -0.4 is 15.2 Å². The molecule has 0 radical (unpaired) electrons. The van der Waals surface area contributed by atoms with Crippen LogP contribution in [0.1, 0.15) is 19.0 Å². The number of nitrogens with zero attached hydrogens (tertiary/aromatic N) is 3. The zero-order valence-electron chi connectivity index (χ0n) is 17.9. The smallest absolute Gasteiger partial charge is 0.295 e. The summed E-state index contributed by atoms with van der Waals surface area (Å²) in [6, 6.07) is 16.5. The quantitative estimate of drug-likeness (QED) is 0.609. The second-order valence-corrected chi connectivity index (χ2v) is 9.10. The zero-order chi connectivity index (χ0) is 22.8. The predicted molar refractivity (Wildman–Crippen MR) is 122 cm³/mol. The van der Waals surface area contributed by atoms with Crippen LogP contribution in [0.2, 0.25) is 0 Å². The molecule has 0 fully saturated rings. The van der Waals surface area contributed by atoms with Crippen molar-refractivity contribution in [2.45, 2.75) is 26.3 Å². The fourth-order valence-electron chi connectivity index (χ4n) is 3.55. The number of rotatable bonds is 7. The van der Waals surface area contributed by atoms with E-state index in [1.807, 2.05) is 18.2 Å². The van der Waals surface area contributed by atoms with Crippen molar-refractivity contribution < 1.29 is 13.2 Å². The average Bonchev–Trinajstić information content (AvgIpc) is 2.95. The Labute approximate surface area is 181 Å². The van der Waals surface area contributed by atoms with E-state index in [2.05, 4.69) is 5.32 Å². The number of nitrogens with one attached hydrogen (secondary N) is 1. The lowest BCUT2D eigenvalue weighted by molar-refractivity contribution is -0.117. The van der Waals surface area contributed by atoms with Crippen LogP contribution in [0.15, 0.2) is 65.5 Å². The van der Waals surface area contributed by atoms with Gasteiger partial charge >= 0.3 is 0 Å². The van der Waals surface area contributed by atoms with Gasteiger partial charge in [-0.25, -0.2) is 13.1 Å². The van der Waals surface area contributed by atoms with Crippen molar-refractivity contribution in [1.82, 2.24) is 9.36 Å². The molecule has 164 valence electrons. The molecule has 0 aliphatic carbocycles. The molecular weight excluding hydrogens is 416 g/mol. The van der Waals surface area contributed by atoms with E-state index in [1.54, 1.807) is 68.0 Å². The molecule has 1 unspecified atom stereocenters.